The average Bonchev–Trinajstić information content (AvgIpc) is 2.28. The van der Waals surface area contributed by atoms with Crippen molar-refractivity contribution >= 4 is 21.7 Å². The predicted octanol–water partition coefficient (Wildman–Crippen LogP) is 2.95. The van der Waals surface area contributed by atoms with Crippen LogP contribution in [0.4, 0.5) is 19.0 Å². The second kappa shape index (κ2) is 6.38. The van der Waals surface area contributed by atoms with E-state index < -0.39 is 11.7 Å². The number of pyridine rings is 1. The summed E-state index contributed by atoms with van der Waals surface area (Å²) >= 11 is 3.38. The van der Waals surface area contributed by atoms with Crippen molar-refractivity contribution < 1.29 is 17.9 Å². The lowest BCUT2D eigenvalue weighted by atomic mass is 10.2. The lowest BCUT2D eigenvalue weighted by Gasteiger charge is -2.21. The Morgan fingerprint density at radius 3 is 2.72 bits per heavy atom. The molecule has 0 bridgehead atoms. The van der Waals surface area contributed by atoms with E-state index in [1.54, 1.807) is 19.1 Å². The van der Waals surface area contributed by atoms with Crippen LogP contribution in [0.15, 0.2) is 18.3 Å². The minimum Gasteiger partial charge on any atom is -0.383 e. The van der Waals surface area contributed by atoms with Crippen molar-refractivity contribution in [3.8, 4) is 0 Å². The number of hydrogen-bond donors (Lipinski definition) is 0. The topological polar surface area (TPSA) is 25.4 Å². The standard InChI is InChI=1S/C11H14BrF3N2O/c1-17(6-9(12)7-18-2)10-5-8(3-4-16-10)11(13,14)15/h3-5,9H,6-7H2,1-2H3. The number of alkyl halides is 4. The molecule has 0 N–H and O–H groups in total. The van der Waals surface area contributed by atoms with Gasteiger partial charge in [0.1, 0.15) is 5.82 Å². The second-order valence-corrected chi connectivity index (χ2v) is 5.13. The molecule has 102 valence electrons. The van der Waals surface area contributed by atoms with Crippen molar-refractivity contribution in [2.75, 3.05) is 32.2 Å². The smallest absolute Gasteiger partial charge is 0.383 e. The molecule has 0 radical (unpaired) electrons. The van der Waals surface area contributed by atoms with Crippen LogP contribution >= 0.6 is 15.9 Å². The lowest BCUT2D eigenvalue weighted by Crippen LogP contribution is -2.29. The van der Waals surface area contributed by atoms with E-state index in [0.29, 0.717) is 13.2 Å². The zero-order valence-corrected chi connectivity index (χ0v) is 11.6. The van der Waals surface area contributed by atoms with Gasteiger partial charge in [0.15, 0.2) is 0 Å². The molecule has 0 aliphatic rings. The highest BCUT2D eigenvalue weighted by Gasteiger charge is 2.31. The maximum atomic E-state index is 12.5. The number of hydrogen-bond acceptors (Lipinski definition) is 3. The Bertz CT molecular complexity index is 387. The van der Waals surface area contributed by atoms with Crippen molar-refractivity contribution in [3.05, 3.63) is 23.9 Å². The van der Waals surface area contributed by atoms with Gasteiger partial charge in [-0.05, 0) is 12.1 Å². The van der Waals surface area contributed by atoms with Crippen LogP contribution < -0.4 is 4.90 Å². The van der Waals surface area contributed by atoms with Crippen LogP contribution in [-0.4, -0.2) is 37.1 Å². The van der Waals surface area contributed by atoms with Crippen LogP contribution in [-0.2, 0) is 10.9 Å². The van der Waals surface area contributed by atoms with Gasteiger partial charge in [0.05, 0.1) is 17.0 Å². The molecule has 1 aromatic heterocycles. The Morgan fingerprint density at radius 1 is 1.50 bits per heavy atom. The molecular weight excluding hydrogens is 313 g/mol. The number of halogens is 4. The van der Waals surface area contributed by atoms with E-state index in [-0.39, 0.29) is 10.6 Å². The monoisotopic (exact) mass is 326 g/mol. The minimum absolute atomic E-state index is 0.0313. The first-order valence-corrected chi connectivity index (χ1v) is 6.13. The summed E-state index contributed by atoms with van der Waals surface area (Å²) in [5, 5.41) is 0. The third kappa shape index (κ3) is 4.45. The molecule has 0 saturated heterocycles. The molecule has 0 amide bonds. The molecule has 18 heavy (non-hydrogen) atoms. The highest BCUT2D eigenvalue weighted by Crippen LogP contribution is 2.30. The maximum Gasteiger partial charge on any atom is 0.416 e. The van der Waals surface area contributed by atoms with E-state index in [0.717, 1.165) is 18.3 Å². The van der Waals surface area contributed by atoms with Gasteiger partial charge in [-0.3, -0.25) is 0 Å². The Kier molecular flexibility index (Phi) is 5.40. The molecule has 0 aliphatic carbocycles. The molecule has 0 saturated carbocycles. The molecule has 0 fully saturated rings. The summed E-state index contributed by atoms with van der Waals surface area (Å²) in [7, 11) is 3.25. The van der Waals surface area contributed by atoms with Crippen LogP contribution in [0.2, 0.25) is 0 Å². The number of methoxy groups -OCH3 is 1. The Morgan fingerprint density at radius 2 is 2.17 bits per heavy atom. The zero-order valence-electron chi connectivity index (χ0n) is 10.0. The van der Waals surface area contributed by atoms with Gasteiger partial charge in [-0.1, -0.05) is 15.9 Å². The second-order valence-electron chi connectivity index (χ2n) is 3.83. The van der Waals surface area contributed by atoms with Gasteiger partial charge in [-0.15, -0.1) is 0 Å². The quantitative estimate of drug-likeness (QED) is 0.778. The Hall–Kier alpha value is -0.820. The van der Waals surface area contributed by atoms with Crippen LogP contribution in [0.1, 0.15) is 5.56 Å². The summed E-state index contributed by atoms with van der Waals surface area (Å²) in [5.41, 5.74) is -0.697. The van der Waals surface area contributed by atoms with Gasteiger partial charge in [0, 0.05) is 26.9 Å². The van der Waals surface area contributed by atoms with Crippen LogP contribution in [0.25, 0.3) is 0 Å². The van der Waals surface area contributed by atoms with E-state index in [1.807, 2.05) is 0 Å². The molecule has 0 aliphatic heterocycles. The van der Waals surface area contributed by atoms with Crippen molar-refractivity contribution in [1.82, 2.24) is 4.98 Å². The fourth-order valence-electron chi connectivity index (χ4n) is 1.43. The fraction of sp³-hybridized carbons (Fsp3) is 0.545. The number of aromatic nitrogens is 1. The van der Waals surface area contributed by atoms with Crippen molar-refractivity contribution in [2.24, 2.45) is 0 Å². The van der Waals surface area contributed by atoms with Crippen LogP contribution in [0.3, 0.4) is 0 Å². The van der Waals surface area contributed by atoms with Gasteiger partial charge in [0.25, 0.3) is 0 Å². The normalized spacial score (nSPS) is 13.4. The van der Waals surface area contributed by atoms with Gasteiger partial charge in [-0.2, -0.15) is 13.2 Å². The minimum atomic E-state index is -4.35. The van der Waals surface area contributed by atoms with Gasteiger partial charge in [0.2, 0.25) is 0 Å². The number of rotatable bonds is 5. The first-order valence-electron chi connectivity index (χ1n) is 5.22. The molecule has 1 rings (SSSR count). The van der Waals surface area contributed by atoms with E-state index in [1.165, 1.54) is 0 Å². The van der Waals surface area contributed by atoms with E-state index in [4.69, 9.17) is 4.74 Å². The molecule has 1 unspecified atom stereocenters. The molecule has 1 aromatic rings. The largest absolute Gasteiger partial charge is 0.416 e. The van der Waals surface area contributed by atoms with Crippen molar-refractivity contribution in [2.45, 2.75) is 11.0 Å². The number of ether oxygens (including phenoxy) is 1. The third-order valence-corrected chi connectivity index (χ3v) is 2.84. The molecule has 0 aromatic carbocycles. The summed E-state index contributed by atoms with van der Waals surface area (Å²) < 4.78 is 42.6. The van der Waals surface area contributed by atoms with Crippen molar-refractivity contribution in [1.29, 1.82) is 0 Å². The summed E-state index contributed by atoms with van der Waals surface area (Å²) in [5.74, 6) is 0.283. The summed E-state index contributed by atoms with van der Waals surface area (Å²) in [6.45, 7) is 0.978. The van der Waals surface area contributed by atoms with Gasteiger partial charge >= 0.3 is 6.18 Å². The predicted molar refractivity (Wildman–Crippen MR) is 67.1 cm³/mol. The summed E-state index contributed by atoms with van der Waals surface area (Å²) in [6, 6.07) is 1.99. The molecule has 1 atom stereocenters. The Labute approximate surface area is 112 Å². The van der Waals surface area contributed by atoms with E-state index >= 15 is 0 Å². The fourth-order valence-corrected chi connectivity index (χ4v) is 2.13. The van der Waals surface area contributed by atoms with Crippen molar-refractivity contribution in [3.63, 3.8) is 0 Å². The molecule has 3 nitrogen and oxygen atoms in total. The molecule has 0 spiro atoms. The molecule has 1 heterocycles. The maximum absolute atomic E-state index is 12.5. The number of nitrogens with zero attached hydrogens (tertiary/aromatic N) is 2. The zero-order chi connectivity index (χ0) is 13.8. The lowest BCUT2D eigenvalue weighted by molar-refractivity contribution is -0.137. The molecular formula is C11H14BrF3N2O. The first-order chi connectivity index (χ1) is 8.34. The van der Waals surface area contributed by atoms with Gasteiger partial charge in [-0.25, -0.2) is 4.98 Å². The van der Waals surface area contributed by atoms with Gasteiger partial charge < -0.3 is 9.64 Å². The highest BCUT2D eigenvalue weighted by molar-refractivity contribution is 9.09. The molecule has 7 heteroatoms. The summed E-state index contributed by atoms with van der Waals surface area (Å²) in [4.78, 5) is 5.61. The third-order valence-electron chi connectivity index (χ3n) is 2.28. The highest BCUT2D eigenvalue weighted by atomic mass is 79.9. The SMILES string of the molecule is COCC(Br)CN(C)c1cc(C(F)(F)F)ccn1. The average molecular weight is 327 g/mol. The van der Waals surface area contributed by atoms with Crippen LogP contribution in [0, 0.1) is 0 Å². The van der Waals surface area contributed by atoms with E-state index in [2.05, 4.69) is 20.9 Å². The number of anilines is 1. The van der Waals surface area contributed by atoms with E-state index in [9.17, 15) is 13.2 Å². The Balaban J connectivity index is 2.77. The summed E-state index contributed by atoms with van der Waals surface area (Å²) in [6.07, 6.45) is -3.19. The first kappa shape index (κ1) is 15.2. The van der Waals surface area contributed by atoms with Crippen LogP contribution in [0.5, 0.6) is 0 Å².